The maximum atomic E-state index is 10.2. The molecule has 0 aromatic rings. The van der Waals surface area contributed by atoms with Gasteiger partial charge in [0, 0.05) is 4.92 Å². The minimum absolute atomic E-state index is 0.205. The summed E-state index contributed by atoms with van der Waals surface area (Å²) in [5.74, 6) is -0.623. The second-order valence-electron chi connectivity index (χ2n) is 1.48. The SMILES string of the molecule is NCC(=O)OCC[N+](=O)[O-]. The number of carbonyl (C=O) groups excluding carboxylic acids is 1. The van der Waals surface area contributed by atoms with Crippen LogP contribution >= 0.6 is 0 Å². The van der Waals surface area contributed by atoms with Crippen LogP contribution in [0.5, 0.6) is 0 Å². The molecule has 0 saturated carbocycles. The lowest BCUT2D eigenvalue weighted by Gasteiger charge is -1.96. The third-order valence-corrected chi connectivity index (χ3v) is 0.704. The molecule has 6 heteroatoms. The van der Waals surface area contributed by atoms with Crippen molar-refractivity contribution in [2.24, 2.45) is 5.73 Å². The number of nitrogens with two attached hydrogens (primary N) is 1. The monoisotopic (exact) mass is 148 g/mol. The lowest BCUT2D eigenvalue weighted by molar-refractivity contribution is -0.482. The number of hydrogen-bond acceptors (Lipinski definition) is 5. The Morgan fingerprint density at radius 1 is 1.70 bits per heavy atom. The third kappa shape index (κ3) is 4.98. The molecule has 0 atom stereocenters. The Labute approximate surface area is 57.1 Å². The highest BCUT2D eigenvalue weighted by molar-refractivity contribution is 5.71. The zero-order chi connectivity index (χ0) is 7.98. The summed E-state index contributed by atoms with van der Waals surface area (Å²) in [7, 11) is 0. The summed E-state index contributed by atoms with van der Waals surface area (Å²) in [6, 6.07) is 0. The summed E-state index contributed by atoms with van der Waals surface area (Å²) >= 11 is 0. The molecule has 0 fully saturated rings. The Balaban J connectivity index is 3.20. The van der Waals surface area contributed by atoms with Gasteiger partial charge in [-0.3, -0.25) is 14.9 Å². The molecule has 0 bridgehead atoms. The van der Waals surface area contributed by atoms with Gasteiger partial charge >= 0.3 is 5.97 Å². The van der Waals surface area contributed by atoms with Crippen molar-refractivity contribution in [1.29, 1.82) is 0 Å². The number of carbonyl (C=O) groups is 1. The summed E-state index contributed by atoms with van der Waals surface area (Å²) < 4.78 is 4.30. The van der Waals surface area contributed by atoms with Crippen LogP contribution in [0, 0.1) is 10.1 Å². The zero-order valence-electron chi connectivity index (χ0n) is 5.28. The van der Waals surface area contributed by atoms with Gasteiger partial charge in [0.25, 0.3) is 0 Å². The van der Waals surface area contributed by atoms with Crippen LogP contribution in [-0.2, 0) is 9.53 Å². The summed E-state index contributed by atoms with van der Waals surface area (Å²) in [6.07, 6.45) is 0. The van der Waals surface area contributed by atoms with Crippen molar-refractivity contribution in [3.8, 4) is 0 Å². The Morgan fingerprint density at radius 3 is 2.70 bits per heavy atom. The van der Waals surface area contributed by atoms with Crippen molar-refractivity contribution in [2.75, 3.05) is 19.7 Å². The molecule has 6 nitrogen and oxygen atoms in total. The lowest BCUT2D eigenvalue weighted by Crippen LogP contribution is -2.20. The number of rotatable bonds is 4. The maximum absolute atomic E-state index is 10.2. The topological polar surface area (TPSA) is 95.5 Å². The molecule has 58 valence electrons. The summed E-state index contributed by atoms with van der Waals surface area (Å²) in [5, 5.41) is 9.65. The van der Waals surface area contributed by atoms with E-state index in [0.29, 0.717) is 0 Å². The standard InChI is InChI=1S/C4H8N2O4/c5-3-4(7)10-2-1-6(8)9/h1-3,5H2. The molecule has 0 radical (unpaired) electrons. The molecule has 10 heavy (non-hydrogen) atoms. The first-order chi connectivity index (χ1) is 4.66. The van der Waals surface area contributed by atoms with Crippen LogP contribution in [0.3, 0.4) is 0 Å². The van der Waals surface area contributed by atoms with Crippen molar-refractivity contribution >= 4 is 5.97 Å². The van der Waals surface area contributed by atoms with E-state index in [1.807, 2.05) is 0 Å². The van der Waals surface area contributed by atoms with Crippen LogP contribution in [-0.4, -0.2) is 30.6 Å². The molecule has 0 heterocycles. The zero-order valence-corrected chi connectivity index (χ0v) is 5.28. The van der Waals surface area contributed by atoms with Crippen LogP contribution in [0.15, 0.2) is 0 Å². The fourth-order valence-corrected chi connectivity index (χ4v) is 0.293. The minimum atomic E-state index is -0.623. The molecule has 0 aliphatic rings. The summed E-state index contributed by atoms with van der Waals surface area (Å²) in [5.41, 5.74) is 4.84. The average Bonchev–Trinajstić information content (AvgIpc) is 1.87. The molecular formula is C4H8N2O4. The summed E-state index contributed by atoms with van der Waals surface area (Å²) in [6.45, 7) is -0.813. The van der Waals surface area contributed by atoms with Crippen molar-refractivity contribution in [2.45, 2.75) is 0 Å². The van der Waals surface area contributed by atoms with Gasteiger partial charge in [0.15, 0.2) is 6.61 Å². The van der Waals surface area contributed by atoms with Crippen LogP contribution in [0.25, 0.3) is 0 Å². The molecular weight excluding hydrogens is 140 g/mol. The van der Waals surface area contributed by atoms with Gasteiger partial charge in [0.2, 0.25) is 6.54 Å². The average molecular weight is 148 g/mol. The fraction of sp³-hybridized carbons (Fsp3) is 0.750. The van der Waals surface area contributed by atoms with Gasteiger partial charge in [0.05, 0.1) is 6.54 Å². The van der Waals surface area contributed by atoms with Gasteiger partial charge in [0.1, 0.15) is 0 Å². The second-order valence-corrected chi connectivity index (χ2v) is 1.48. The first kappa shape index (κ1) is 8.83. The van der Waals surface area contributed by atoms with Crippen molar-refractivity contribution < 1.29 is 14.5 Å². The second kappa shape index (κ2) is 4.68. The molecule has 2 N–H and O–H groups in total. The number of nitrogens with zero attached hydrogens (tertiary/aromatic N) is 1. The number of nitro groups is 1. The highest BCUT2D eigenvalue weighted by atomic mass is 16.6. The van der Waals surface area contributed by atoms with Gasteiger partial charge in [-0.25, -0.2) is 0 Å². The Hall–Kier alpha value is -1.17. The quantitative estimate of drug-likeness (QED) is 0.306. The normalized spacial score (nSPS) is 8.90. The van der Waals surface area contributed by atoms with Gasteiger partial charge in [-0.1, -0.05) is 0 Å². The number of ether oxygens (including phenoxy) is 1. The Bertz CT molecular complexity index is 135. The molecule has 0 saturated heterocycles. The molecule has 0 aliphatic carbocycles. The highest BCUT2D eigenvalue weighted by Crippen LogP contribution is 1.75. The predicted octanol–water partition coefficient (Wildman–Crippen LogP) is -1.23. The van der Waals surface area contributed by atoms with E-state index in [1.165, 1.54) is 0 Å². The van der Waals surface area contributed by atoms with E-state index in [4.69, 9.17) is 5.73 Å². The highest BCUT2D eigenvalue weighted by Gasteiger charge is 2.01. The third-order valence-electron chi connectivity index (χ3n) is 0.704. The molecule has 0 rings (SSSR count). The molecule has 0 aromatic carbocycles. The molecule has 0 amide bonds. The van der Waals surface area contributed by atoms with Crippen LogP contribution in [0.1, 0.15) is 0 Å². The Morgan fingerprint density at radius 2 is 2.30 bits per heavy atom. The molecule has 0 aromatic heterocycles. The van der Waals surface area contributed by atoms with Gasteiger partial charge in [-0.15, -0.1) is 0 Å². The number of esters is 1. The van der Waals surface area contributed by atoms with E-state index >= 15 is 0 Å². The van der Waals surface area contributed by atoms with E-state index in [0.717, 1.165) is 0 Å². The van der Waals surface area contributed by atoms with Crippen molar-refractivity contribution in [3.63, 3.8) is 0 Å². The van der Waals surface area contributed by atoms with E-state index in [1.54, 1.807) is 0 Å². The van der Waals surface area contributed by atoms with E-state index in [9.17, 15) is 14.9 Å². The lowest BCUT2D eigenvalue weighted by atomic mass is 10.6. The van der Waals surface area contributed by atoms with E-state index in [2.05, 4.69) is 4.74 Å². The number of hydrogen-bond donors (Lipinski definition) is 1. The van der Waals surface area contributed by atoms with Gasteiger partial charge < -0.3 is 10.5 Å². The summed E-state index contributed by atoms with van der Waals surface area (Å²) in [4.78, 5) is 19.3. The first-order valence-corrected chi connectivity index (χ1v) is 2.64. The van der Waals surface area contributed by atoms with Crippen molar-refractivity contribution in [1.82, 2.24) is 0 Å². The van der Waals surface area contributed by atoms with Crippen LogP contribution in [0.2, 0.25) is 0 Å². The van der Waals surface area contributed by atoms with E-state index < -0.39 is 10.9 Å². The predicted molar refractivity (Wildman–Crippen MR) is 31.9 cm³/mol. The van der Waals surface area contributed by atoms with Gasteiger partial charge in [-0.2, -0.15) is 0 Å². The Kier molecular flexibility index (Phi) is 4.14. The first-order valence-electron chi connectivity index (χ1n) is 2.64. The minimum Gasteiger partial charge on any atom is -0.458 e. The van der Waals surface area contributed by atoms with E-state index in [-0.39, 0.29) is 19.7 Å². The van der Waals surface area contributed by atoms with Gasteiger partial charge in [-0.05, 0) is 0 Å². The molecule has 0 spiro atoms. The fourth-order valence-electron chi connectivity index (χ4n) is 0.293. The smallest absolute Gasteiger partial charge is 0.319 e. The van der Waals surface area contributed by atoms with Crippen LogP contribution < -0.4 is 5.73 Å². The van der Waals surface area contributed by atoms with Crippen molar-refractivity contribution in [3.05, 3.63) is 10.1 Å². The largest absolute Gasteiger partial charge is 0.458 e. The molecule has 0 aliphatic heterocycles. The molecule has 0 unspecified atom stereocenters. The van der Waals surface area contributed by atoms with Crippen LogP contribution in [0.4, 0.5) is 0 Å². The maximum Gasteiger partial charge on any atom is 0.319 e.